The number of aryl methyl sites for hydroxylation is 2. The second-order valence-electron chi connectivity index (χ2n) is 4.21. The lowest BCUT2D eigenvalue weighted by Crippen LogP contribution is -2.22. The average molecular weight is 206 g/mol. The van der Waals surface area contributed by atoms with E-state index in [4.69, 9.17) is 5.73 Å². The first-order chi connectivity index (χ1) is 7.17. The molecule has 1 atom stereocenters. The average Bonchev–Trinajstić information content (AvgIpc) is 2.22. The van der Waals surface area contributed by atoms with Crippen molar-refractivity contribution in [2.24, 2.45) is 11.7 Å². The lowest BCUT2D eigenvalue weighted by Gasteiger charge is -2.15. The predicted molar refractivity (Wildman–Crippen MR) is 67.2 cm³/mol. The molecule has 1 aromatic rings. The molecule has 0 spiro atoms. The zero-order valence-electron chi connectivity index (χ0n) is 10.0. The molecule has 0 aromatic heterocycles. The van der Waals surface area contributed by atoms with Crippen LogP contribution in [-0.4, -0.2) is 13.1 Å². The Bertz CT molecular complexity index is 303. The molecule has 0 fully saturated rings. The summed E-state index contributed by atoms with van der Waals surface area (Å²) in [5.74, 6) is 0.575. The number of nitrogens with one attached hydrogen (secondary N) is 1. The van der Waals surface area contributed by atoms with Gasteiger partial charge in [-0.2, -0.15) is 0 Å². The van der Waals surface area contributed by atoms with Gasteiger partial charge in [-0.3, -0.25) is 0 Å². The Balaban J connectivity index is 2.57. The highest BCUT2D eigenvalue weighted by atomic mass is 14.9. The van der Waals surface area contributed by atoms with Gasteiger partial charge in [-0.1, -0.05) is 31.0 Å². The Kier molecular flexibility index (Phi) is 4.63. The number of anilines is 1. The lowest BCUT2D eigenvalue weighted by atomic mass is 10.1. The van der Waals surface area contributed by atoms with Gasteiger partial charge < -0.3 is 11.1 Å². The third kappa shape index (κ3) is 3.56. The van der Waals surface area contributed by atoms with Crippen molar-refractivity contribution in [2.45, 2.75) is 27.2 Å². The molecule has 0 aliphatic carbocycles. The summed E-state index contributed by atoms with van der Waals surface area (Å²) in [6.45, 7) is 8.16. The highest BCUT2D eigenvalue weighted by Crippen LogP contribution is 2.16. The number of rotatable bonds is 5. The molecule has 0 saturated carbocycles. The van der Waals surface area contributed by atoms with E-state index in [2.05, 4.69) is 44.3 Å². The lowest BCUT2D eigenvalue weighted by molar-refractivity contribution is 0.548. The van der Waals surface area contributed by atoms with Crippen LogP contribution in [0.2, 0.25) is 0 Å². The van der Waals surface area contributed by atoms with Gasteiger partial charge in [0.15, 0.2) is 0 Å². The summed E-state index contributed by atoms with van der Waals surface area (Å²) in [6.07, 6.45) is 1.13. The Morgan fingerprint density at radius 2 is 2.07 bits per heavy atom. The molecule has 3 N–H and O–H groups in total. The molecule has 0 bridgehead atoms. The van der Waals surface area contributed by atoms with Crippen molar-refractivity contribution in [1.82, 2.24) is 0 Å². The van der Waals surface area contributed by atoms with E-state index in [1.165, 1.54) is 16.8 Å². The topological polar surface area (TPSA) is 38.0 Å². The molecule has 2 heteroatoms. The van der Waals surface area contributed by atoms with Crippen molar-refractivity contribution in [3.63, 3.8) is 0 Å². The van der Waals surface area contributed by atoms with E-state index in [-0.39, 0.29) is 0 Å². The Morgan fingerprint density at radius 1 is 1.33 bits per heavy atom. The second-order valence-corrected chi connectivity index (χ2v) is 4.21. The summed E-state index contributed by atoms with van der Waals surface area (Å²) >= 11 is 0. The van der Waals surface area contributed by atoms with Gasteiger partial charge >= 0.3 is 0 Å². The van der Waals surface area contributed by atoms with Crippen LogP contribution in [0.3, 0.4) is 0 Å². The summed E-state index contributed by atoms with van der Waals surface area (Å²) < 4.78 is 0. The van der Waals surface area contributed by atoms with E-state index in [0.717, 1.165) is 19.5 Å². The maximum atomic E-state index is 5.67. The van der Waals surface area contributed by atoms with Crippen molar-refractivity contribution in [2.75, 3.05) is 18.4 Å². The molecule has 0 radical (unpaired) electrons. The van der Waals surface area contributed by atoms with E-state index in [9.17, 15) is 0 Å². The SMILES string of the molecule is CCC(CN)CNc1ccc(C)cc1C. The molecular weight excluding hydrogens is 184 g/mol. The Morgan fingerprint density at radius 3 is 2.60 bits per heavy atom. The molecule has 15 heavy (non-hydrogen) atoms. The summed E-state index contributed by atoms with van der Waals surface area (Å²) in [5.41, 5.74) is 9.52. The molecule has 1 rings (SSSR count). The van der Waals surface area contributed by atoms with Crippen LogP contribution in [0.4, 0.5) is 5.69 Å². The first kappa shape index (κ1) is 12.1. The van der Waals surface area contributed by atoms with Gasteiger partial charge in [0.25, 0.3) is 0 Å². The summed E-state index contributed by atoms with van der Waals surface area (Å²) in [5, 5.41) is 3.46. The quantitative estimate of drug-likeness (QED) is 0.777. The fourth-order valence-electron chi connectivity index (χ4n) is 1.66. The number of benzene rings is 1. The van der Waals surface area contributed by atoms with E-state index >= 15 is 0 Å². The van der Waals surface area contributed by atoms with Crippen LogP contribution in [-0.2, 0) is 0 Å². The zero-order chi connectivity index (χ0) is 11.3. The first-order valence-corrected chi connectivity index (χ1v) is 5.68. The number of hydrogen-bond donors (Lipinski definition) is 2. The monoisotopic (exact) mass is 206 g/mol. The van der Waals surface area contributed by atoms with Crippen LogP contribution >= 0.6 is 0 Å². The molecule has 0 saturated heterocycles. The third-order valence-corrected chi connectivity index (χ3v) is 2.87. The van der Waals surface area contributed by atoms with Gasteiger partial charge in [0.2, 0.25) is 0 Å². The highest BCUT2D eigenvalue weighted by molar-refractivity contribution is 5.51. The van der Waals surface area contributed by atoms with Gasteiger partial charge in [0.1, 0.15) is 0 Å². The van der Waals surface area contributed by atoms with Crippen LogP contribution < -0.4 is 11.1 Å². The fourth-order valence-corrected chi connectivity index (χ4v) is 1.66. The smallest absolute Gasteiger partial charge is 0.0370 e. The summed E-state index contributed by atoms with van der Waals surface area (Å²) in [7, 11) is 0. The molecule has 0 aliphatic rings. The van der Waals surface area contributed by atoms with Crippen molar-refractivity contribution in [3.05, 3.63) is 29.3 Å². The van der Waals surface area contributed by atoms with Gasteiger partial charge in [0.05, 0.1) is 0 Å². The minimum atomic E-state index is 0.575. The van der Waals surface area contributed by atoms with E-state index in [0.29, 0.717) is 5.92 Å². The fraction of sp³-hybridized carbons (Fsp3) is 0.538. The van der Waals surface area contributed by atoms with Gasteiger partial charge in [0, 0.05) is 12.2 Å². The van der Waals surface area contributed by atoms with Crippen LogP contribution in [0.5, 0.6) is 0 Å². The summed E-state index contributed by atoms with van der Waals surface area (Å²) in [4.78, 5) is 0. The highest BCUT2D eigenvalue weighted by Gasteiger charge is 2.04. The molecule has 0 aliphatic heterocycles. The van der Waals surface area contributed by atoms with Crippen molar-refractivity contribution < 1.29 is 0 Å². The van der Waals surface area contributed by atoms with Crippen molar-refractivity contribution in [1.29, 1.82) is 0 Å². The molecule has 2 nitrogen and oxygen atoms in total. The maximum Gasteiger partial charge on any atom is 0.0370 e. The second kappa shape index (κ2) is 5.76. The maximum absolute atomic E-state index is 5.67. The standard InChI is InChI=1S/C13H22N2/c1-4-12(8-14)9-15-13-6-5-10(2)7-11(13)3/h5-7,12,15H,4,8-9,14H2,1-3H3. The Hall–Kier alpha value is -1.02. The van der Waals surface area contributed by atoms with Crippen LogP contribution in [0.1, 0.15) is 24.5 Å². The largest absolute Gasteiger partial charge is 0.385 e. The molecule has 84 valence electrons. The van der Waals surface area contributed by atoms with Crippen LogP contribution in [0.15, 0.2) is 18.2 Å². The predicted octanol–water partition coefficient (Wildman–Crippen LogP) is 2.70. The van der Waals surface area contributed by atoms with Crippen LogP contribution in [0.25, 0.3) is 0 Å². The van der Waals surface area contributed by atoms with E-state index in [1.807, 2.05) is 0 Å². The molecule has 1 unspecified atom stereocenters. The Labute approximate surface area is 92.9 Å². The first-order valence-electron chi connectivity index (χ1n) is 5.68. The molecule has 0 amide bonds. The van der Waals surface area contributed by atoms with E-state index in [1.54, 1.807) is 0 Å². The molecule has 1 aromatic carbocycles. The van der Waals surface area contributed by atoms with Crippen molar-refractivity contribution in [3.8, 4) is 0 Å². The minimum Gasteiger partial charge on any atom is -0.385 e. The third-order valence-electron chi connectivity index (χ3n) is 2.87. The normalized spacial score (nSPS) is 12.5. The van der Waals surface area contributed by atoms with Crippen LogP contribution in [0, 0.1) is 19.8 Å². The molecule has 0 heterocycles. The minimum absolute atomic E-state index is 0.575. The summed E-state index contributed by atoms with van der Waals surface area (Å²) in [6, 6.07) is 6.48. The van der Waals surface area contributed by atoms with Gasteiger partial charge in [-0.15, -0.1) is 0 Å². The van der Waals surface area contributed by atoms with Crippen molar-refractivity contribution >= 4 is 5.69 Å². The number of nitrogens with two attached hydrogens (primary N) is 1. The van der Waals surface area contributed by atoms with Gasteiger partial charge in [-0.25, -0.2) is 0 Å². The molecular formula is C13H22N2. The zero-order valence-corrected chi connectivity index (χ0v) is 10.0. The van der Waals surface area contributed by atoms with Gasteiger partial charge in [-0.05, 0) is 37.9 Å². The number of hydrogen-bond acceptors (Lipinski definition) is 2. The van der Waals surface area contributed by atoms with E-state index < -0.39 is 0 Å².